The standard InChI is InChI=1S/C19H17BrFN3O4/c20-11-1-3-15(14(21)7-11)23-19(26)22-12-8-18(25)24(10-12)13-2-4-16-17(9-13)28-6-5-27-16/h1-4,7,9,12H,5-6,8,10H2,(H2,22,23,26). The quantitative estimate of drug-likeness (QED) is 0.753. The van der Waals surface area contributed by atoms with Gasteiger partial charge in [0.2, 0.25) is 5.91 Å². The molecule has 3 amide bonds. The summed E-state index contributed by atoms with van der Waals surface area (Å²) in [4.78, 5) is 26.2. The molecular weight excluding hydrogens is 433 g/mol. The Labute approximate surface area is 168 Å². The van der Waals surface area contributed by atoms with Crippen LogP contribution in [-0.2, 0) is 4.79 Å². The monoisotopic (exact) mass is 449 g/mol. The maximum absolute atomic E-state index is 13.9. The Kier molecular flexibility index (Phi) is 5.08. The topological polar surface area (TPSA) is 79.9 Å². The van der Waals surface area contributed by atoms with Crippen molar-refractivity contribution in [3.05, 3.63) is 46.7 Å². The number of halogens is 2. The molecule has 1 unspecified atom stereocenters. The molecule has 1 saturated heterocycles. The predicted octanol–water partition coefficient (Wildman–Crippen LogP) is 3.29. The minimum absolute atomic E-state index is 0.0636. The van der Waals surface area contributed by atoms with E-state index in [-0.39, 0.29) is 24.1 Å². The van der Waals surface area contributed by atoms with E-state index in [0.29, 0.717) is 41.4 Å². The molecule has 2 aromatic rings. The number of anilines is 2. The van der Waals surface area contributed by atoms with Crippen LogP contribution in [0, 0.1) is 5.82 Å². The van der Waals surface area contributed by atoms with E-state index in [1.807, 2.05) is 0 Å². The van der Waals surface area contributed by atoms with Gasteiger partial charge in [-0.15, -0.1) is 0 Å². The minimum atomic E-state index is -0.567. The summed E-state index contributed by atoms with van der Waals surface area (Å²) < 4.78 is 25.5. The number of nitrogens with one attached hydrogen (secondary N) is 2. The van der Waals surface area contributed by atoms with Gasteiger partial charge in [-0.05, 0) is 30.3 Å². The summed E-state index contributed by atoms with van der Waals surface area (Å²) in [5, 5.41) is 5.18. The lowest BCUT2D eigenvalue weighted by atomic mass is 10.2. The predicted molar refractivity (Wildman–Crippen MR) is 104 cm³/mol. The molecule has 0 bridgehead atoms. The van der Waals surface area contributed by atoms with Gasteiger partial charge in [0.15, 0.2) is 11.5 Å². The number of urea groups is 1. The highest BCUT2D eigenvalue weighted by atomic mass is 79.9. The molecule has 2 N–H and O–H groups in total. The van der Waals surface area contributed by atoms with E-state index in [2.05, 4.69) is 26.6 Å². The third kappa shape index (κ3) is 3.89. The highest BCUT2D eigenvalue weighted by Gasteiger charge is 2.32. The van der Waals surface area contributed by atoms with E-state index < -0.39 is 11.8 Å². The summed E-state index contributed by atoms with van der Waals surface area (Å²) in [6, 6.07) is 8.69. The van der Waals surface area contributed by atoms with Gasteiger partial charge >= 0.3 is 6.03 Å². The molecular formula is C19H17BrFN3O4. The van der Waals surface area contributed by atoms with Gasteiger partial charge in [0.25, 0.3) is 0 Å². The normalized spacial score (nSPS) is 18.1. The molecule has 4 rings (SSSR count). The number of benzene rings is 2. The summed E-state index contributed by atoms with van der Waals surface area (Å²) in [6.45, 7) is 1.27. The van der Waals surface area contributed by atoms with Gasteiger partial charge in [-0.1, -0.05) is 15.9 Å². The SMILES string of the molecule is O=C(Nc1ccc(Br)cc1F)NC1CC(=O)N(c2ccc3c(c2)OCCO3)C1. The van der Waals surface area contributed by atoms with Crippen molar-refractivity contribution in [2.75, 3.05) is 30.0 Å². The molecule has 2 aliphatic heterocycles. The molecule has 28 heavy (non-hydrogen) atoms. The maximum atomic E-state index is 13.9. The Morgan fingerprint density at radius 1 is 1.14 bits per heavy atom. The Bertz CT molecular complexity index is 939. The van der Waals surface area contributed by atoms with E-state index >= 15 is 0 Å². The zero-order chi connectivity index (χ0) is 19.7. The smallest absolute Gasteiger partial charge is 0.319 e. The first-order chi connectivity index (χ1) is 13.5. The third-order valence-electron chi connectivity index (χ3n) is 4.48. The number of hydrogen-bond donors (Lipinski definition) is 2. The molecule has 2 heterocycles. The van der Waals surface area contributed by atoms with Gasteiger partial charge in [-0.2, -0.15) is 0 Å². The largest absolute Gasteiger partial charge is 0.486 e. The van der Waals surface area contributed by atoms with Crippen molar-refractivity contribution in [1.82, 2.24) is 5.32 Å². The molecule has 0 radical (unpaired) electrons. The second-order valence-electron chi connectivity index (χ2n) is 6.46. The molecule has 0 saturated carbocycles. The lowest BCUT2D eigenvalue weighted by molar-refractivity contribution is -0.117. The van der Waals surface area contributed by atoms with Crippen molar-refractivity contribution in [2.24, 2.45) is 0 Å². The number of nitrogens with zero attached hydrogens (tertiary/aromatic N) is 1. The lowest BCUT2D eigenvalue weighted by Gasteiger charge is -2.22. The number of amides is 3. The summed E-state index contributed by atoms with van der Waals surface area (Å²) in [7, 11) is 0. The first-order valence-corrected chi connectivity index (χ1v) is 9.51. The lowest BCUT2D eigenvalue weighted by Crippen LogP contribution is -2.39. The third-order valence-corrected chi connectivity index (χ3v) is 4.97. The van der Waals surface area contributed by atoms with Gasteiger partial charge < -0.3 is 25.0 Å². The van der Waals surface area contributed by atoms with Crippen molar-refractivity contribution in [3.63, 3.8) is 0 Å². The second-order valence-corrected chi connectivity index (χ2v) is 7.37. The van der Waals surface area contributed by atoms with E-state index in [1.165, 1.54) is 12.1 Å². The van der Waals surface area contributed by atoms with Crippen LogP contribution in [0.1, 0.15) is 6.42 Å². The first kappa shape index (κ1) is 18.5. The highest BCUT2D eigenvalue weighted by molar-refractivity contribution is 9.10. The fourth-order valence-corrected chi connectivity index (χ4v) is 3.52. The van der Waals surface area contributed by atoms with E-state index in [1.54, 1.807) is 29.2 Å². The van der Waals surface area contributed by atoms with Gasteiger partial charge in [0.05, 0.1) is 11.7 Å². The van der Waals surface area contributed by atoms with Crippen molar-refractivity contribution in [3.8, 4) is 11.5 Å². The van der Waals surface area contributed by atoms with Gasteiger partial charge in [-0.3, -0.25) is 4.79 Å². The van der Waals surface area contributed by atoms with Gasteiger partial charge in [0, 0.05) is 29.2 Å². The van der Waals surface area contributed by atoms with Crippen molar-refractivity contribution >= 4 is 39.2 Å². The molecule has 9 heteroatoms. The van der Waals surface area contributed by atoms with E-state index in [4.69, 9.17) is 9.47 Å². The molecule has 0 aliphatic carbocycles. The van der Waals surface area contributed by atoms with Crippen LogP contribution in [0.3, 0.4) is 0 Å². The number of fused-ring (bicyclic) bond motifs is 1. The average Bonchev–Trinajstić information content (AvgIpc) is 3.03. The second kappa shape index (κ2) is 7.67. The minimum Gasteiger partial charge on any atom is -0.486 e. The molecule has 1 fully saturated rings. The van der Waals surface area contributed by atoms with Crippen LogP contribution < -0.4 is 25.0 Å². The first-order valence-electron chi connectivity index (χ1n) is 8.72. The molecule has 146 valence electrons. The number of rotatable bonds is 3. The molecule has 0 spiro atoms. The van der Waals surface area contributed by atoms with Crippen LogP contribution in [0.15, 0.2) is 40.9 Å². The van der Waals surface area contributed by atoms with Crippen LogP contribution in [0.2, 0.25) is 0 Å². The highest BCUT2D eigenvalue weighted by Crippen LogP contribution is 2.35. The van der Waals surface area contributed by atoms with E-state index in [9.17, 15) is 14.0 Å². The number of ether oxygens (including phenoxy) is 2. The molecule has 2 aliphatic rings. The molecule has 2 aromatic carbocycles. The zero-order valence-electron chi connectivity index (χ0n) is 14.7. The van der Waals surface area contributed by atoms with Gasteiger partial charge in [-0.25, -0.2) is 9.18 Å². The number of carbonyl (C=O) groups is 2. The van der Waals surface area contributed by atoms with Crippen molar-refractivity contribution in [2.45, 2.75) is 12.5 Å². The number of hydrogen-bond acceptors (Lipinski definition) is 4. The van der Waals surface area contributed by atoms with Crippen LogP contribution in [-0.4, -0.2) is 37.7 Å². The summed E-state index contributed by atoms with van der Waals surface area (Å²) in [5.41, 5.74) is 0.742. The Morgan fingerprint density at radius 2 is 1.93 bits per heavy atom. The summed E-state index contributed by atoms with van der Waals surface area (Å²) >= 11 is 3.16. The Balaban J connectivity index is 1.40. The molecule has 0 aromatic heterocycles. The van der Waals surface area contributed by atoms with E-state index in [0.717, 1.165) is 0 Å². The fraction of sp³-hybridized carbons (Fsp3) is 0.263. The fourth-order valence-electron chi connectivity index (χ4n) is 3.19. The van der Waals surface area contributed by atoms with Crippen LogP contribution in [0.25, 0.3) is 0 Å². The number of carbonyl (C=O) groups excluding carboxylic acids is 2. The Hall–Kier alpha value is -2.81. The summed E-state index contributed by atoms with van der Waals surface area (Å²) in [6.07, 6.45) is 0.157. The van der Waals surface area contributed by atoms with Crippen molar-refractivity contribution in [1.29, 1.82) is 0 Å². The maximum Gasteiger partial charge on any atom is 0.319 e. The summed E-state index contributed by atoms with van der Waals surface area (Å²) in [5.74, 6) is 0.574. The van der Waals surface area contributed by atoms with Gasteiger partial charge in [0.1, 0.15) is 19.0 Å². The zero-order valence-corrected chi connectivity index (χ0v) is 16.3. The average molecular weight is 450 g/mol. The van der Waals surface area contributed by atoms with Crippen LogP contribution in [0.5, 0.6) is 11.5 Å². The molecule has 1 atom stereocenters. The Morgan fingerprint density at radius 3 is 2.71 bits per heavy atom. The van der Waals surface area contributed by atoms with Crippen molar-refractivity contribution < 1.29 is 23.5 Å². The van der Waals surface area contributed by atoms with Crippen LogP contribution >= 0.6 is 15.9 Å². The molecule has 7 nitrogen and oxygen atoms in total. The van der Waals surface area contributed by atoms with Crippen LogP contribution in [0.4, 0.5) is 20.6 Å².